The first-order valence-corrected chi connectivity index (χ1v) is 3.25. The van der Waals surface area contributed by atoms with Gasteiger partial charge in [0.05, 0.1) is 0 Å². The van der Waals surface area contributed by atoms with Gasteiger partial charge >= 0.3 is 0 Å². The lowest BCUT2D eigenvalue weighted by atomic mass is 10.4. The standard InChI is InChI=1S/C6H4O.C2H6O/c1-2-6-4-3-5(1)7-6;1-2-3/h1-4H;3H,2H2,1H3. The van der Waals surface area contributed by atoms with Crippen molar-refractivity contribution in [3.8, 4) is 0 Å². The molecular weight excluding hydrogens is 128 g/mol. The quantitative estimate of drug-likeness (QED) is 0.602. The van der Waals surface area contributed by atoms with E-state index in [9.17, 15) is 0 Å². The summed E-state index contributed by atoms with van der Waals surface area (Å²) in [5.41, 5.74) is 1.94. The summed E-state index contributed by atoms with van der Waals surface area (Å²) < 4.78 is 5.08. The fourth-order valence-corrected chi connectivity index (χ4v) is 0.712. The Hall–Kier alpha value is -1.02. The smallest absolute Gasteiger partial charge is 0.127 e. The van der Waals surface area contributed by atoms with Crippen LogP contribution in [0, 0.1) is 0 Å². The Morgan fingerprint density at radius 1 is 1.20 bits per heavy atom. The summed E-state index contributed by atoms with van der Waals surface area (Å²) in [6.45, 7) is 1.93. The average molecular weight is 138 g/mol. The highest BCUT2D eigenvalue weighted by molar-refractivity contribution is 5.59. The van der Waals surface area contributed by atoms with Crippen molar-refractivity contribution in [2.45, 2.75) is 6.92 Å². The minimum absolute atomic E-state index is 0.250. The zero-order valence-corrected chi connectivity index (χ0v) is 5.87. The molecule has 0 aliphatic carbocycles. The SMILES string of the molecule is CCO.c1cc2ccc1o2. The van der Waals surface area contributed by atoms with Crippen molar-refractivity contribution in [3.05, 3.63) is 24.3 Å². The second-order valence-electron chi connectivity index (χ2n) is 1.89. The van der Waals surface area contributed by atoms with Crippen LogP contribution in [0.25, 0.3) is 11.2 Å². The Morgan fingerprint density at radius 3 is 1.60 bits per heavy atom. The molecule has 0 aliphatic heterocycles. The van der Waals surface area contributed by atoms with Crippen molar-refractivity contribution < 1.29 is 9.52 Å². The predicted molar refractivity (Wildman–Crippen MR) is 40.2 cm³/mol. The van der Waals surface area contributed by atoms with Crippen LogP contribution >= 0.6 is 0 Å². The van der Waals surface area contributed by atoms with E-state index < -0.39 is 0 Å². The highest BCUT2D eigenvalue weighted by Crippen LogP contribution is 2.13. The zero-order chi connectivity index (χ0) is 7.40. The third kappa shape index (κ3) is 1.48. The number of hydrogen-bond acceptors (Lipinski definition) is 2. The highest BCUT2D eigenvalue weighted by atomic mass is 16.3. The molecule has 0 aromatic carbocycles. The Kier molecular flexibility index (Phi) is 2.29. The van der Waals surface area contributed by atoms with E-state index in [1.54, 1.807) is 6.92 Å². The molecule has 54 valence electrons. The van der Waals surface area contributed by atoms with E-state index in [1.165, 1.54) is 0 Å². The molecule has 0 unspecified atom stereocenters. The first kappa shape index (κ1) is 7.09. The van der Waals surface area contributed by atoms with E-state index in [0.717, 1.165) is 11.2 Å². The van der Waals surface area contributed by atoms with Crippen molar-refractivity contribution in [1.29, 1.82) is 0 Å². The third-order valence-corrected chi connectivity index (χ3v) is 1.06. The van der Waals surface area contributed by atoms with Crippen LogP contribution in [0.15, 0.2) is 28.7 Å². The van der Waals surface area contributed by atoms with Gasteiger partial charge < -0.3 is 9.52 Å². The third-order valence-electron chi connectivity index (χ3n) is 1.06. The predicted octanol–water partition coefficient (Wildman–Crippen LogP) is 1.87. The number of aliphatic hydroxyl groups excluding tert-OH is 1. The first-order chi connectivity index (χ1) is 4.86. The van der Waals surface area contributed by atoms with E-state index in [0.29, 0.717) is 0 Å². The van der Waals surface area contributed by atoms with Crippen LogP contribution in [-0.2, 0) is 0 Å². The molecule has 1 N–H and O–H groups in total. The van der Waals surface area contributed by atoms with Crippen LogP contribution in [0.5, 0.6) is 0 Å². The second kappa shape index (κ2) is 3.22. The van der Waals surface area contributed by atoms with E-state index in [1.807, 2.05) is 24.3 Å². The number of aliphatic hydroxyl groups is 1. The van der Waals surface area contributed by atoms with E-state index in [4.69, 9.17) is 9.52 Å². The molecule has 0 spiro atoms. The summed E-state index contributed by atoms with van der Waals surface area (Å²) >= 11 is 0. The molecule has 0 aliphatic rings. The Morgan fingerprint density at radius 2 is 1.50 bits per heavy atom. The molecule has 0 fully saturated rings. The van der Waals surface area contributed by atoms with Crippen LogP contribution < -0.4 is 0 Å². The molecule has 0 amide bonds. The molecule has 2 heterocycles. The number of benzene rings is 1. The van der Waals surface area contributed by atoms with Crippen LogP contribution in [0.4, 0.5) is 0 Å². The molecule has 0 radical (unpaired) electrons. The van der Waals surface area contributed by atoms with Gasteiger partial charge in [-0.1, -0.05) is 0 Å². The summed E-state index contributed by atoms with van der Waals surface area (Å²) in [5, 5.41) is 7.57. The zero-order valence-electron chi connectivity index (χ0n) is 5.87. The number of rotatable bonds is 0. The number of fused-ring (bicyclic) bond motifs is 2. The van der Waals surface area contributed by atoms with Crippen LogP contribution in [-0.4, -0.2) is 11.7 Å². The summed E-state index contributed by atoms with van der Waals surface area (Å²) in [6, 6.07) is 7.81. The Balaban J connectivity index is 0.000000148. The van der Waals surface area contributed by atoms with Gasteiger partial charge in [-0.3, -0.25) is 0 Å². The van der Waals surface area contributed by atoms with Gasteiger partial charge in [0.25, 0.3) is 0 Å². The molecule has 0 saturated carbocycles. The lowest BCUT2D eigenvalue weighted by Crippen LogP contribution is -1.57. The van der Waals surface area contributed by atoms with Crippen molar-refractivity contribution in [3.63, 3.8) is 0 Å². The van der Waals surface area contributed by atoms with Crippen LogP contribution in [0.3, 0.4) is 0 Å². The van der Waals surface area contributed by atoms with Gasteiger partial charge in [0.15, 0.2) is 0 Å². The Bertz CT molecular complexity index is 216. The maximum absolute atomic E-state index is 7.57. The molecule has 2 heteroatoms. The molecule has 2 rings (SSSR count). The van der Waals surface area contributed by atoms with E-state index >= 15 is 0 Å². The maximum Gasteiger partial charge on any atom is 0.127 e. The van der Waals surface area contributed by atoms with Gasteiger partial charge in [-0.25, -0.2) is 0 Å². The molecule has 0 atom stereocenters. The van der Waals surface area contributed by atoms with Gasteiger partial charge in [0.1, 0.15) is 11.2 Å². The molecule has 0 saturated heterocycles. The van der Waals surface area contributed by atoms with Crippen molar-refractivity contribution >= 4 is 11.2 Å². The van der Waals surface area contributed by atoms with E-state index in [2.05, 4.69) is 0 Å². The van der Waals surface area contributed by atoms with Crippen molar-refractivity contribution in [2.75, 3.05) is 6.61 Å². The minimum atomic E-state index is 0.250. The topological polar surface area (TPSA) is 33.4 Å². The largest absolute Gasteiger partial charge is 0.457 e. The monoisotopic (exact) mass is 138 g/mol. The summed E-state index contributed by atoms with van der Waals surface area (Å²) in [5.74, 6) is 0. The second-order valence-corrected chi connectivity index (χ2v) is 1.89. The van der Waals surface area contributed by atoms with Gasteiger partial charge in [-0.05, 0) is 31.2 Å². The fourth-order valence-electron chi connectivity index (χ4n) is 0.712. The van der Waals surface area contributed by atoms with Gasteiger partial charge in [-0.15, -0.1) is 0 Å². The lowest BCUT2D eigenvalue weighted by Gasteiger charge is -1.60. The van der Waals surface area contributed by atoms with Gasteiger partial charge in [0, 0.05) is 6.61 Å². The number of hydrogen-bond donors (Lipinski definition) is 1. The minimum Gasteiger partial charge on any atom is -0.457 e. The molecule has 2 aromatic heterocycles. The molecule has 2 nitrogen and oxygen atoms in total. The maximum atomic E-state index is 7.57. The fraction of sp³-hybridized carbons (Fsp3) is 0.250. The van der Waals surface area contributed by atoms with Gasteiger partial charge in [-0.2, -0.15) is 0 Å². The summed E-state index contributed by atoms with van der Waals surface area (Å²) in [7, 11) is 0. The first-order valence-electron chi connectivity index (χ1n) is 3.25. The van der Waals surface area contributed by atoms with Gasteiger partial charge in [0.2, 0.25) is 0 Å². The lowest BCUT2D eigenvalue weighted by molar-refractivity contribution is 0.318. The highest BCUT2D eigenvalue weighted by Gasteiger charge is 1.91. The van der Waals surface area contributed by atoms with E-state index in [-0.39, 0.29) is 6.61 Å². The molecule has 10 heavy (non-hydrogen) atoms. The van der Waals surface area contributed by atoms with Crippen LogP contribution in [0.1, 0.15) is 6.92 Å². The number of furan rings is 2. The Labute approximate surface area is 59.4 Å². The normalized spacial score (nSPS) is 9.40. The van der Waals surface area contributed by atoms with Crippen molar-refractivity contribution in [2.24, 2.45) is 0 Å². The van der Waals surface area contributed by atoms with Crippen LogP contribution in [0.2, 0.25) is 0 Å². The molecular formula is C8H10O2. The van der Waals surface area contributed by atoms with Crippen molar-refractivity contribution in [1.82, 2.24) is 0 Å². The molecule has 2 aromatic rings. The summed E-state index contributed by atoms with van der Waals surface area (Å²) in [6.07, 6.45) is 0. The summed E-state index contributed by atoms with van der Waals surface area (Å²) in [4.78, 5) is 0. The molecule has 2 bridgehead atoms. The average Bonchev–Trinajstić information content (AvgIpc) is 2.49.